The molecule has 2 rings (SSSR count). The van der Waals surface area contributed by atoms with E-state index in [4.69, 9.17) is 23.2 Å². The first-order valence-corrected chi connectivity index (χ1v) is 6.29. The largest absolute Gasteiger partial charge is 0.337 e. The van der Waals surface area contributed by atoms with Crippen LogP contribution in [0.25, 0.3) is 0 Å². The van der Waals surface area contributed by atoms with Crippen LogP contribution in [0.1, 0.15) is 15.9 Å². The maximum atomic E-state index is 12.2. The Kier molecular flexibility index (Phi) is 4.35. The molecule has 0 unspecified atom stereocenters. The Labute approximate surface area is 121 Å². The van der Waals surface area contributed by atoms with Crippen LogP contribution in [-0.2, 0) is 6.54 Å². The summed E-state index contributed by atoms with van der Waals surface area (Å²) in [5, 5.41) is 0.458. The monoisotopic (exact) mass is 295 g/mol. The summed E-state index contributed by atoms with van der Waals surface area (Å²) in [6, 6.07) is 5.23. The van der Waals surface area contributed by atoms with E-state index in [2.05, 4.69) is 9.97 Å². The summed E-state index contributed by atoms with van der Waals surface area (Å²) in [6.07, 6.45) is 4.79. The Hall–Kier alpha value is -1.65. The van der Waals surface area contributed by atoms with E-state index in [0.29, 0.717) is 12.1 Å². The molecular weight excluding hydrogens is 285 g/mol. The molecule has 0 saturated carbocycles. The molecule has 1 amide bonds. The summed E-state index contributed by atoms with van der Waals surface area (Å²) in [5.74, 6) is -0.164. The molecule has 0 atom stereocenters. The molecule has 98 valence electrons. The van der Waals surface area contributed by atoms with Crippen LogP contribution in [0, 0.1) is 0 Å². The number of carbonyl (C=O) groups excluding carboxylic acids is 1. The second-order valence-corrected chi connectivity index (χ2v) is 4.78. The van der Waals surface area contributed by atoms with Gasteiger partial charge in [0.1, 0.15) is 5.15 Å². The number of rotatable bonds is 3. The highest BCUT2D eigenvalue weighted by Gasteiger charge is 2.14. The van der Waals surface area contributed by atoms with E-state index in [1.807, 2.05) is 12.1 Å². The van der Waals surface area contributed by atoms with Crippen LogP contribution in [0.2, 0.25) is 10.2 Å². The SMILES string of the molecule is CN(Cc1ccncc1)C(=O)c1cnc(Cl)c(Cl)c1. The van der Waals surface area contributed by atoms with Gasteiger partial charge in [-0.25, -0.2) is 4.98 Å². The summed E-state index contributed by atoms with van der Waals surface area (Å²) in [4.78, 5) is 21.6. The smallest absolute Gasteiger partial charge is 0.255 e. The Balaban J connectivity index is 2.12. The molecule has 0 aliphatic heterocycles. The minimum absolute atomic E-state index is 0.164. The van der Waals surface area contributed by atoms with Gasteiger partial charge in [0.25, 0.3) is 5.91 Å². The van der Waals surface area contributed by atoms with Crippen LogP contribution >= 0.6 is 23.2 Å². The van der Waals surface area contributed by atoms with Gasteiger partial charge in [-0.3, -0.25) is 9.78 Å². The van der Waals surface area contributed by atoms with Crippen molar-refractivity contribution in [3.63, 3.8) is 0 Å². The molecule has 0 aromatic carbocycles. The Morgan fingerprint density at radius 2 is 2.00 bits per heavy atom. The van der Waals surface area contributed by atoms with Gasteiger partial charge in [-0.1, -0.05) is 23.2 Å². The molecule has 0 saturated heterocycles. The van der Waals surface area contributed by atoms with Crippen molar-refractivity contribution in [3.05, 3.63) is 58.1 Å². The van der Waals surface area contributed by atoms with Crippen LogP contribution < -0.4 is 0 Å². The van der Waals surface area contributed by atoms with Crippen LogP contribution in [0.5, 0.6) is 0 Å². The van der Waals surface area contributed by atoms with E-state index in [-0.39, 0.29) is 16.1 Å². The molecule has 0 fully saturated rings. The first-order valence-electron chi connectivity index (χ1n) is 5.53. The fourth-order valence-corrected chi connectivity index (χ4v) is 1.86. The fourth-order valence-electron chi connectivity index (χ4n) is 1.59. The Bertz CT molecular complexity index is 590. The summed E-state index contributed by atoms with van der Waals surface area (Å²) >= 11 is 11.6. The van der Waals surface area contributed by atoms with Crippen molar-refractivity contribution in [1.29, 1.82) is 0 Å². The first kappa shape index (κ1) is 13.8. The molecular formula is C13H11Cl2N3O. The van der Waals surface area contributed by atoms with Gasteiger partial charge in [0.05, 0.1) is 10.6 Å². The van der Waals surface area contributed by atoms with Crippen LogP contribution in [0.15, 0.2) is 36.8 Å². The van der Waals surface area contributed by atoms with Crippen molar-refractivity contribution < 1.29 is 4.79 Å². The van der Waals surface area contributed by atoms with E-state index >= 15 is 0 Å². The van der Waals surface area contributed by atoms with Gasteiger partial charge >= 0.3 is 0 Å². The fraction of sp³-hybridized carbons (Fsp3) is 0.154. The Morgan fingerprint density at radius 1 is 1.32 bits per heavy atom. The molecule has 0 bridgehead atoms. The molecule has 0 aliphatic carbocycles. The second kappa shape index (κ2) is 5.99. The molecule has 4 nitrogen and oxygen atoms in total. The third kappa shape index (κ3) is 3.43. The lowest BCUT2D eigenvalue weighted by Gasteiger charge is -2.17. The predicted octanol–water partition coefficient (Wildman–Crippen LogP) is 3.06. The number of halogens is 2. The van der Waals surface area contributed by atoms with Crippen molar-refractivity contribution in [2.75, 3.05) is 7.05 Å². The lowest BCUT2D eigenvalue weighted by Crippen LogP contribution is -2.26. The van der Waals surface area contributed by atoms with Gasteiger partial charge in [0.15, 0.2) is 0 Å². The van der Waals surface area contributed by atoms with Crippen molar-refractivity contribution >= 4 is 29.1 Å². The molecule has 2 aromatic heterocycles. The zero-order valence-electron chi connectivity index (χ0n) is 10.2. The van der Waals surface area contributed by atoms with E-state index in [1.165, 1.54) is 12.3 Å². The lowest BCUT2D eigenvalue weighted by atomic mass is 10.2. The zero-order chi connectivity index (χ0) is 13.8. The summed E-state index contributed by atoms with van der Waals surface area (Å²) < 4.78 is 0. The van der Waals surface area contributed by atoms with Crippen LogP contribution in [-0.4, -0.2) is 27.8 Å². The van der Waals surface area contributed by atoms with E-state index in [9.17, 15) is 4.79 Å². The molecule has 2 aromatic rings. The van der Waals surface area contributed by atoms with Crippen LogP contribution in [0.4, 0.5) is 0 Å². The maximum absolute atomic E-state index is 12.2. The van der Waals surface area contributed by atoms with Gasteiger partial charge < -0.3 is 4.90 Å². The summed E-state index contributed by atoms with van der Waals surface area (Å²) in [6.45, 7) is 0.488. The molecule has 6 heteroatoms. The third-order valence-corrected chi connectivity index (χ3v) is 3.25. The minimum atomic E-state index is -0.164. The molecule has 0 radical (unpaired) electrons. The van der Waals surface area contributed by atoms with Gasteiger partial charge in [-0.15, -0.1) is 0 Å². The first-order chi connectivity index (χ1) is 9.08. The highest BCUT2D eigenvalue weighted by Crippen LogP contribution is 2.20. The molecule has 0 aliphatic rings. The molecule has 2 heterocycles. The third-order valence-electron chi connectivity index (χ3n) is 2.56. The highest BCUT2D eigenvalue weighted by molar-refractivity contribution is 6.41. The number of pyridine rings is 2. The van der Waals surface area contributed by atoms with Gasteiger partial charge in [0, 0.05) is 32.2 Å². The average Bonchev–Trinajstić information content (AvgIpc) is 2.42. The predicted molar refractivity (Wildman–Crippen MR) is 74.3 cm³/mol. The normalized spacial score (nSPS) is 10.3. The van der Waals surface area contributed by atoms with Crippen molar-refractivity contribution in [3.8, 4) is 0 Å². The van der Waals surface area contributed by atoms with Crippen LogP contribution in [0.3, 0.4) is 0 Å². The minimum Gasteiger partial charge on any atom is -0.337 e. The number of carbonyl (C=O) groups is 1. The number of amides is 1. The molecule has 0 spiro atoms. The number of hydrogen-bond acceptors (Lipinski definition) is 3. The molecule has 19 heavy (non-hydrogen) atoms. The zero-order valence-corrected chi connectivity index (χ0v) is 11.7. The standard InChI is InChI=1S/C13H11Cl2N3O/c1-18(8-9-2-4-16-5-3-9)13(19)10-6-11(14)12(15)17-7-10/h2-7H,8H2,1H3. The van der Waals surface area contributed by atoms with Crippen molar-refractivity contribution in [2.45, 2.75) is 6.54 Å². The second-order valence-electron chi connectivity index (χ2n) is 4.01. The summed E-state index contributed by atoms with van der Waals surface area (Å²) in [5.41, 5.74) is 1.41. The van der Waals surface area contributed by atoms with E-state index < -0.39 is 0 Å². The maximum Gasteiger partial charge on any atom is 0.255 e. The van der Waals surface area contributed by atoms with Gasteiger partial charge in [0.2, 0.25) is 0 Å². The van der Waals surface area contributed by atoms with Gasteiger partial charge in [-0.2, -0.15) is 0 Å². The summed E-state index contributed by atoms with van der Waals surface area (Å²) in [7, 11) is 1.71. The van der Waals surface area contributed by atoms with Gasteiger partial charge in [-0.05, 0) is 23.8 Å². The van der Waals surface area contributed by atoms with Crippen molar-refractivity contribution in [1.82, 2.24) is 14.9 Å². The topological polar surface area (TPSA) is 46.1 Å². The van der Waals surface area contributed by atoms with E-state index in [0.717, 1.165) is 5.56 Å². The van der Waals surface area contributed by atoms with E-state index in [1.54, 1.807) is 24.3 Å². The number of hydrogen-bond donors (Lipinski definition) is 0. The quantitative estimate of drug-likeness (QED) is 0.818. The number of nitrogens with zero attached hydrogens (tertiary/aromatic N) is 3. The Morgan fingerprint density at radius 3 is 2.63 bits per heavy atom. The number of aromatic nitrogens is 2. The van der Waals surface area contributed by atoms with Crippen molar-refractivity contribution in [2.24, 2.45) is 0 Å². The average molecular weight is 296 g/mol. The lowest BCUT2D eigenvalue weighted by molar-refractivity contribution is 0.0784. The molecule has 0 N–H and O–H groups in total. The highest BCUT2D eigenvalue weighted by atomic mass is 35.5.